The number of imide groups is 1. The zero-order valence-corrected chi connectivity index (χ0v) is 27.0. The smallest absolute Gasteiger partial charge is 0.293 e. The summed E-state index contributed by atoms with van der Waals surface area (Å²) in [7, 11) is 0. The molecule has 0 atom stereocenters. The minimum Gasteiger partial charge on any atom is -0.491 e. The van der Waals surface area contributed by atoms with Crippen molar-refractivity contribution in [1.29, 1.82) is 0 Å². The molecule has 41 heavy (non-hydrogen) atoms. The summed E-state index contributed by atoms with van der Waals surface area (Å²) in [5.74, 6) is 1.70. The molecule has 4 rings (SSSR count). The van der Waals surface area contributed by atoms with E-state index in [4.69, 9.17) is 37.4 Å². The molecule has 0 spiro atoms. The summed E-state index contributed by atoms with van der Waals surface area (Å²) in [5, 5.41) is 0.716. The Kier molecular flexibility index (Phi) is 10.7. The third-order valence-corrected chi connectivity index (χ3v) is 8.34. The van der Waals surface area contributed by atoms with Gasteiger partial charge in [0.25, 0.3) is 11.1 Å². The Bertz CT molecular complexity index is 1490. The number of carbonyl (C=O) groups is 2. The topological polar surface area (TPSA) is 65.1 Å². The van der Waals surface area contributed by atoms with Crippen molar-refractivity contribution in [3.63, 3.8) is 0 Å². The van der Waals surface area contributed by atoms with Crippen LogP contribution in [0.25, 0.3) is 6.08 Å². The Labute approximate surface area is 263 Å². The standard InChI is InChI=1S/C31H30BrCl2NO5S/c1-5-38-27-14-20(13-24(32)29(27)40-17-21-7-8-22(33)16-25(21)34)15-28-30(36)35(31(37)41-28)10-11-39-26-12-19(4)6-9-23(26)18(2)3/h6-9,12-16,18H,5,10-11,17H2,1-4H3/b28-15-. The molecule has 0 bridgehead atoms. The van der Waals surface area contributed by atoms with Gasteiger partial charge < -0.3 is 14.2 Å². The first-order valence-corrected chi connectivity index (χ1v) is 15.5. The van der Waals surface area contributed by atoms with Crippen LogP contribution in [0.15, 0.2) is 57.9 Å². The van der Waals surface area contributed by atoms with Crippen molar-refractivity contribution in [1.82, 2.24) is 4.90 Å². The molecule has 0 radical (unpaired) electrons. The van der Waals surface area contributed by atoms with Crippen molar-refractivity contribution >= 4 is 68.1 Å². The second kappa shape index (κ2) is 14.0. The zero-order chi connectivity index (χ0) is 29.7. The predicted octanol–water partition coefficient (Wildman–Crippen LogP) is 9.28. The van der Waals surface area contributed by atoms with Gasteiger partial charge in [-0.3, -0.25) is 14.5 Å². The number of aryl methyl sites for hydroxylation is 1. The average Bonchev–Trinajstić information content (AvgIpc) is 3.16. The molecule has 3 aromatic rings. The van der Waals surface area contributed by atoms with Gasteiger partial charge in [-0.1, -0.05) is 55.2 Å². The SMILES string of the molecule is CCOc1cc(/C=C2\SC(=O)N(CCOc3cc(C)ccc3C(C)C)C2=O)cc(Br)c1OCc1ccc(Cl)cc1Cl. The van der Waals surface area contributed by atoms with E-state index in [2.05, 4.69) is 35.8 Å². The number of hydrogen-bond acceptors (Lipinski definition) is 6. The fourth-order valence-electron chi connectivity index (χ4n) is 4.20. The van der Waals surface area contributed by atoms with E-state index in [1.54, 1.807) is 30.3 Å². The van der Waals surface area contributed by atoms with E-state index in [1.807, 2.05) is 32.0 Å². The summed E-state index contributed by atoms with van der Waals surface area (Å²) in [6.07, 6.45) is 1.68. The van der Waals surface area contributed by atoms with Crippen molar-refractivity contribution < 1.29 is 23.8 Å². The van der Waals surface area contributed by atoms with Crippen molar-refractivity contribution in [2.24, 2.45) is 0 Å². The lowest BCUT2D eigenvalue weighted by molar-refractivity contribution is -0.123. The van der Waals surface area contributed by atoms with Crippen LogP contribution in [-0.4, -0.2) is 35.8 Å². The summed E-state index contributed by atoms with van der Waals surface area (Å²) >= 11 is 16.8. The molecular formula is C31H30BrCl2NO5S. The molecule has 0 aromatic heterocycles. The Morgan fingerprint density at radius 3 is 2.49 bits per heavy atom. The number of benzene rings is 3. The molecule has 0 saturated carbocycles. The second-order valence-electron chi connectivity index (χ2n) is 9.67. The first-order valence-electron chi connectivity index (χ1n) is 13.1. The van der Waals surface area contributed by atoms with Crippen molar-refractivity contribution in [3.8, 4) is 17.2 Å². The van der Waals surface area contributed by atoms with Crippen molar-refractivity contribution in [2.75, 3.05) is 19.8 Å². The summed E-state index contributed by atoms with van der Waals surface area (Å²) in [4.78, 5) is 27.4. The van der Waals surface area contributed by atoms with E-state index in [0.29, 0.717) is 49.0 Å². The van der Waals surface area contributed by atoms with Gasteiger partial charge in [0.15, 0.2) is 11.5 Å². The number of ether oxygens (including phenoxy) is 3. The van der Waals surface area contributed by atoms with Crippen LogP contribution in [0.5, 0.6) is 17.2 Å². The molecule has 0 aliphatic carbocycles. The van der Waals surface area contributed by atoms with Crippen molar-refractivity contribution in [3.05, 3.63) is 90.2 Å². The minimum atomic E-state index is -0.358. The van der Waals surface area contributed by atoms with Crippen LogP contribution < -0.4 is 14.2 Å². The van der Waals surface area contributed by atoms with Crippen molar-refractivity contribution in [2.45, 2.75) is 40.2 Å². The van der Waals surface area contributed by atoms with E-state index < -0.39 is 0 Å². The van der Waals surface area contributed by atoms with E-state index in [-0.39, 0.29) is 30.9 Å². The molecule has 216 valence electrons. The first-order chi connectivity index (χ1) is 19.6. The third-order valence-electron chi connectivity index (χ3n) is 6.25. The monoisotopic (exact) mass is 677 g/mol. The number of hydrogen-bond donors (Lipinski definition) is 0. The number of thioether (sulfide) groups is 1. The molecule has 1 fully saturated rings. The largest absolute Gasteiger partial charge is 0.491 e. The first kappa shape index (κ1) is 31.3. The van der Waals surface area contributed by atoms with Crippen LogP contribution >= 0.6 is 50.9 Å². The Hall–Kier alpha value is -2.65. The summed E-state index contributed by atoms with van der Waals surface area (Å²) in [6, 6.07) is 14.9. The third kappa shape index (κ3) is 7.80. The number of halogens is 3. The number of nitrogens with zero attached hydrogens (tertiary/aromatic N) is 1. The van der Waals surface area contributed by atoms with Gasteiger partial charge in [-0.15, -0.1) is 0 Å². The maximum Gasteiger partial charge on any atom is 0.293 e. The van der Waals surface area contributed by atoms with E-state index in [1.165, 1.54) is 4.90 Å². The van der Waals surface area contributed by atoms with Crippen LogP contribution in [0.4, 0.5) is 4.79 Å². The molecule has 0 unspecified atom stereocenters. The maximum atomic E-state index is 13.1. The normalized spacial score (nSPS) is 14.3. The van der Waals surface area contributed by atoms with Crippen LogP contribution in [0.2, 0.25) is 10.0 Å². The second-order valence-corrected chi connectivity index (χ2v) is 12.4. The lowest BCUT2D eigenvalue weighted by atomic mass is 10.0. The van der Waals surface area contributed by atoms with Gasteiger partial charge in [-0.05, 0) is 101 Å². The molecule has 10 heteroatoms. The Morgan fingerprint density at radius 2 is 1.78 bits per heavy atom. The fraction of sp³-hybridized carbons (Fsp3) is 0.290. The van der Waals surface area contributed by atoms with Gasteiger partial charge in [0, 0.05) is 15.6 Å². The van der Waals surface area contributed by atoms with E-state index in [9.17, 15) is 9.59 Å². The molecule has 0 N–H and O–H groups in total. The average molecular weight is 679 g/mol. The molecule has 3 aromatic carbocycles. The molecule has 1 saturated heterocycles. The Morgan fingerprint density at radius 1 is 1.00 bits per heavy atom. The van der Waals surface area contributed by atoms with Gasteiger partial charge >= 0.3 is 0 Å². The zero-order valence-electron chi connectivity index (χ0n) is 23.1. The molecule has 1 aliphatic heterocycles. The molecule has 1 heterocycles. The number of rotatable bonds is 11. The lowest BCUT2D eigenvalue weighted by Gasteiger charge is -2.17. The van der Waals surface area contributed by atoms with Gasteiger partial charge in [-0.25, -0.2) is 0 Å². The van der Waals surface area contributed by atoms with Crippen LogP contribution in [0.3, 0.4) is 0 Å². The highest BCUT2D eigenvalue weighted by Crippen LogP contribution is 2.40. The predicted molar refractivity (Wildman–Crippen MR) is 170 cm³/mol. The highest BCUT2D eigenvalue weighted by molar-refractivity contribution is 9.10. The summed E-state index contributed by atoms with van der Waals surface area (Å²) < 4.78 is 18.5. The van der Waals surface area contributed by atoms with Crippen LogP contribution in [-0.2, 0) is 11.4 Å². The van der Waals surface area contributed by atoms with Gasteiger partial charge in [0.2, 0.25) is 0 Å². The highest BCUT2D eigenvalue weighted by Gasteiger charge is 2.35. The molecular weight excluding hydrogens is 649 g/mol. The number of carbonyl (C=O) groups excluding carboxylic acids is 2. The van der Waals surface area contributed by atoms with Crippen LogP contribution in [0, 0.1) is 6.92 Å². The maximum absolute atomic E-state index is 13.1. The van der Waals surface area contributed by atoms with Gasteiger partial charge in [0.1, 0.15) is 19.0 Å². The van der Waals surface area contributed by atoms with Gasteiger partial charge in [0.05, 0.1) is 22.5 Å². The van der Waals surface area contributed by atoms with E-state index >= 15 is 0 Å². The summed E-state index contributed by atoms with van der Waals surface area (Å²) in [6.45, 7) is 9.04. The van der Waals surface area contributed by atoms with E-state index in [0.717, 1.165) is 34.2 Å². The number of amides is 2. The molecule has 1 aliphatic rings. The quantitative estimate of drug-likeness (QED) is 0.188. The highest BCUT2D eigenvalue weighted by atomic mass is 79.9. The fourth-order valence-corrected chi connectivity index (χ4v) is 6.10. The minimum absolute atomic E-state index is 0.154. The van der Waals surface area contributed by atoms with Crippen LogP contribution in [0.1, 0.15) is 48.9 Å². The molecule has 6 nitrogen and oxygen atoms in total. The summed E-state index contributed by atoms with van der Waals surface area (Å²) in [5.41, 5.74) is 3.63. The lowest BCUT2D eigenvalue weighted by Crippen LogP contribution is -2.32. The van der Waals surface area contributed by atoms with Gasteiger partial charge in [-0.2, -0.15) is 0 Å². The molecule has 2 amide bonds. The Balaban J connectivity index is 1.47.